The molecule has 0 aliphatic heterocycles. The van der Waals surface area contributed by atoms with Gasteiger partial charge in [-0.1, -0.05) is 0 Å². The molecule has 0 unspecified atom stereocenters. The first-order chi connectivity index (χ1) is 12.6. The molecule has 134 valence electrons. The zero-order valence-corrected chi connectivity index (χ0v) is 14.7. The molecule has 3 aromatic rings. The molecule has 2 N–H and O–H groups in total. The van der Waals surface area contributed by atoms with E-state index in [1.807, 2.05) is 12.1 Å². The van der Waals surface area contributed by atoms with E-state index in [2.05, 4.69) is 20.6 Å². The molecular formula is C19H19FN4O2. The molecule has 0 fully saturated rings. The monoisotopic (exact) mass is 354 g/mol. The van der Waals surface area contributed by atoms with Crippen molar-refractivity contribution in [2.45, 2.75) is 6.92 Å². The highest BCUT2D eigenvalue weighted by molar-refractivity contribution is 5.68. The number of benzene rings is 2. The van der Waals surface area contributed by atoms with Gasteiger partial charge in [-0.25, -0.2) is 14.4 Å². The van der Waals surface area contributed by atoms with Crippen LogP contribution < -0.4 is 20.1 Å². The number of anilines is 4. The van der Waals surface area contributed by atoms with Gasteiger partial charge in [0.15, 0.2) is 0 Å². The lowest BCUT2D eigenvalue weighted by molar-refractivity contribution is 0.395. The van der Waals surface area contributed by atoms with Gasteiger partial charge in [-0.3, -0.25) is 0 Å². The fraction of sp³-hybridized carbons (Fsp3) is 0.158. The third-order valence-corrected chi connectivity index (χ3v) is 3.63. The van der Waals surface area contributed by atoms with Crippen LogP contribution in [0.5, 0.6) is 11.5 Å². The Morgan fingerprint density at radius 1 is 0.846 bits per heavy atom. The van der Waals surface area contributed by atoms with Gasteiger partial charge in [-0.2, -0.15) is 0 Å². The largest absolute Gasteiger partial charge is 0.497 e. The van der Waals surface area contributed by atoms with E-state index in [-0.39, 0.29) is 5.82 Å². The lowest BCUT2D eigenvalue weighted by Crippen LogP contribution is -2.02. The van der Waals surface area contributed by atoms with Crippen molar-refractivity contribution >= 4 is 23.0 Å². The Balaban J connectivity index is 1.85. The number of halogens is 1. The average Bonchev–Trinajstić information content (AvgIpc) is 2.63. The summed E-state index contributed by atoms with van der Waals surface area (Å²) >= 11 is 0. The van der Waals surface area contributed by atoms with E-state index in [0.29, 0.717) is 29.0 Å². The molecule has 0 bridgehead atoms. The van der Waals surface area contributed by atoms with Gasteiger partial charge < -0.3 is 20.1 Å². The minimum atomic E-state index is -0.289. The number of hydrogen-bond acceptors (Lipinski definition) is 6. The molecule has 6 nitrogen and oxygen atoms in total. The van der Waals surface area contributed by atoms with E-state index >= 15 is 0 Å². The van der Waals surface area contributed by atoms with Crippen LogP contribution in [0, 0.1) is 12.7 Å². The zero-order chi connectivity index (χ0) is 18.5. The molecule has 0 atom stereocenters. The van der Waals surface area contributed by atoms with E-state index in [0.717, 1.165) is 11.4 Å². The third kappa shape index (κ3) is 4.18. The van der Waals surface area contributed by atoms with Crippen LogP contribution in [0.4, 0.5) is 27.4 Å². The Morgan fingerprint density at radius 2 is 1.54 bits per heavy atom. The van der Waals surface area contributed by atoms with Gasteiger partial charge in [-0.05, 0) is 43.3 Å². The maximum Gasteiger partial charge on any atom is 0.146 e. The molecule has 0 spiro atoms. The summed E-state index contributed by atoms with van der Waals surface area (Å²) in [4.78, 5) is 8.75. The van der Waals surface area contributed by atoms with Crippen LogP contribution in [0.15, 0.2) is 48.5 Å². The fourth-order valence-corrected chi connectivity index (χ4v) is 2.42. The minimum absolute atomic E-state index is 0.289. The van der Waals surface area contributed by atoms with Crippen LogP contribution in [0.3, 0.4) is 0 Å². The Bertz CT molecular complexity index is 901. The fourth-order valence-electron chi connectivity index (χ4n) is 2.42. The van der Waals surface area contributed by atoms with Crippen molar-refractivity contribution in [3.63, 3.8) is 0 Å². The van der Waals surface area contributed by atoms with Crippen LogP contribution >= 0.6 is 0 Å². The smallest absolute Gasteiger partial charge is 0.146 e. The minimum Gasteiger partial charge on any atom is -0.497 e. The van der Waals surface area contributed by atoms with Gasteiger partial charge >= 0.3 is 0 Å². The van der Waals surface area contributed by atoms with Gasteiger partial charge in [0, 0.05) is 17.8 Å². The molecule has 1 heterocycles. The van der Waals surface area contributed by atoms with Crippen LogP contribution in [0.1, 0.15) is 5.82 Å². The highest BCUT2D eigenvalue weighted by Crippen LogP contribution is 2.31. The number of rotatable bonds is 6. The van der Waals surface area contributed by atoms with Crippen molar-refractivity contribution in [1.82, 2.24) is 9.97 Å². The first-order valence-electron chi connectivity index (χ1n) is 7.94. The molecule has 2 aromatic carbocycles. The second-order valence-corrected chi connectivity index (χ2v) is 5.51. The summed E-state index contributed by atoms with van der Waals surface area (Å²) in [7, 11) is 3.19. The van der Waals surface area contributed by atoms with Crippen LogP contribution in [-0.2, 0) is 0 Å². The van der Waals surface area contributed by atoms with Gasteiger partial charge in [0.1, 0.15) is 34.8 Å². The molecule has 0 aliphatic carbocycles. The topological polar surface area (TPSA) is 68.3 Å². The summed E-state index contributed by atoms with van der Waals surface area (Å²) < 4.78 is 23.6. The van der Waals surface area contributed by atoms with Crippen molar-refractivity contribution in [3.8, 4) is 11.5 Å². The number of hydrogen-bond donors (Lipinski definition) is 2. The zero-order valence-electron chi connectivity index (χ0n) is 14.7. The molecule has 0 saturated carbocycles. The normalized spacial score (nSPS) is 10.3. The molecule has 0 radical (unpaired) electrons. The van der Waals surface area contributed by atoms with Crippen molar-refractivity contribution < 1.29 is 13.9 Å². The number of nitrogens with zero attached hydrogens (tertiary/aromatic N) is 2. The van der Waals surface area contributed by atoms with E-state index < -0.39 is 0 Å². The highest BCUT2D eigenvalue weighted by atomic mass is 19.1. The molecule has 26 heavy (non-hydrogen) atoms. The average molecular weight is 354 g/mol. The van der Waals surface area contributed by atoms with E-state index in [1.54, 1.807) is 45.4 Å². The number of methoxy groups -OCH3 is 2. The predicted molar refractivity (Wildman–Crippen MR) is 99.3 cm³/mol. The number of aryl methyl sites for hydroxylation is 1. The SMILES string of the molecule is COc1ccc(Nc2cc(Nc3ccc(F)cc3)nc(C)n2)c(OC)c1. The summed E-state index contributed by atoms with van der Waals surface area (Å²) in [5.41, 5.74) is 1.48. The summed E-state index contributed by atoms with van der Waals surface area (Å²) in [5, 5.41) is 6.36. The predicted octanol–water partition coefficient (Wildman–Crippen LogP) is 4.43. The van der Waals surface area contributed by atoms with Crippen molar-refractivity contribution in [2.24, 2.45) is 0 Å². The molecule has 0 saturated heterocycles. The van der Waals surface area contributed by atoms with E-state index in [1.165, 1.54) is 12.1 Å². The van der Waals surface area contributed by atoms with E-state index in [4.69, 9.17) is 9.47 Å². The van der Waals surface area contributed by atoms with Crippen LogP contribution in [-0.4, -0.2) is 24.2 Å². The third-order valence-electron chi connectivity index (χ3n) is 3.63. The maximum atomic E-state index is 13.0. The first kappa shape index (κ1) is 17.5. The molecule has 3 rings (SSSR count). The van der Waals surface area contributed by atoms with Crippen molar-refractivity contribution in [1.29, 1.82) is 0 Å². The molecule has 7 heteroatoms. The lowest BCUT2D eigenvalue weighted by atomic mass is 10.2. The second-order valence-electron chi connectivity index (χ2n) is 5.51. The number of nitrogens with one attached hydrogen (secondary N) is 2. The van der Waals surface area contributed by atoms with Gasteiger partial charge in [0.25, 0.3) is 0 Å². The van der Waals surface area contributed by atoms with Crippen LogP contribution in [0.2, 0.25) is 0 Å². The van der Waals surface area contributed by atoms with E-state index in [9.17, 15) is 4.39 Å². The highest BCUT2D eigenvalue weighted by Gasteiger charge is 2.08. The lowest BCUT2D eigenvalue weighted by Gasteiger charge is -2.13. The Hall–Kier alpha value is -3.35. The molecule has 1 aromatic heterocycles. The maximum absolute atomic E-state index is 13.0. The van der Waals surface area contributed by atoms with Crippen LogP contribution in [0.25, 0.3) is 0 Å². The Labute approximate surface area is 151 Å². The number of aromatic nitrogens is 2. The summed E-state index contributed by atoms with van der Waals surface area (Å²) in [6, 6.07) is 13.3. The van der Waals surface area contributed by atoms with Gasteiger partial charge in [-0.15, -0.1) is 0 Å². The van der Waals surface area contributed by atoms with Crippen molar-refractivity contribution in [2.75, 3.05) is 24.9 Å². The summed E-state index contributed by atoms with van der Waals surface area (Å²) in [6.07, 6.45) is 0. The standard InChI is InChI=1S/C19H19FN4O2/c1-12-21-18(23-14-6-4-13(20)5-7-14)11-19(22-12)24-16-9-8-15(25-2)10-17(16)26-3/h4-11H,1-3H3,(H2,21,22,23,24). The van der Waals surface area contributed by atoms with Gasteiger partial charge in [0.2, 0.25) is 0 Å². The quantitative estimate of drug-likeness (QED) is 0.683. The summed E-state index contributed by atoms with van der Waals surface area (Å²) in [6.45, 7) is 1.80. The number of ether oxygens (including phenoxy) is 2. The van der Waals surface area contributed by atoms with Gasteiger partial charge in [0.05, 0.1) is 19.9 Å². The first-order valence-corrected chi connectivity index (χ1v) is 7.94. The Kier molecular flexibility index (Phi) is 5.17. The summed E-state index contributed by atoms with van der Waals surface area (Å²) in [5.74, 6) is 2.83. The molecule has 0 amide bonds. The second kappa shape index (κ2) is 7.69. The van der Waals surface area contributed by atoms with Crippen molar-refractivity contribution in [3.05, 3.63) is 60.2 Å². The Morgan fingerprint density at radius 3 is 2.19 bits per heavy atom. The molecular weight excluding hydrogens is 335 g/mol. The molecule has 0 aliphatic rings.